The molecule has 2 N–H and O–H groups in total. The van der Waals surface area contributed by atoms with Crippen molar-refractivity contribution in [3.63, 3.8) is 0 Å². The van der Waals surface area contributed by atoms with Crippen molar-refractivity contribution < 1.29 is 9.26 Å². The highest BCUT2D eigenvalue weighted by atomic mass is 16.5. The van der Waals surface area contributed by atoms with Gasteiger partial charge in [0, 0.05) is 24.0 Å². The quantitative estimate of drug-likeness (QED) is 0.846. The number of pyridine rings is 1. The van der Waals surface area contributed by atoms with E-state index in [0.717, 1.165) is 11.1 Å². The average Bonchev–Trinajstić information content (AvgIpc) is 2.98. The normalized spacial score (nSPS) is 23.4. The van der Waals surface area contributed by atoms with E-state index in [1.807, 2.05) is 13.0 Å². The molecule has 6 heteroatoms. The van der Waals surface area contributed by atoms with Gasteiger partial charge in [-0.3, -0.25) is 4.98 Å². The summed E-state index contributed by atoms with van der Waals surface area (Å²) < 4.78 is 10.6. The van der Waals surface area contributed by atoms with Gasteiger partial charge in [0.2, 0.25) is 11.7 Å². The summed E-state index contributed by atoms with van der Waals surface area (Å²) in [5.74, 6) is 1.08. The second-order valence-corrected chi connectivity index (χ2v) is 4.45. The van der Waals surface area contributed by atoms with Crippen LogP contribution in [-0.2, 0) is 4.74 Å². The van der Waals surface area contributed by atoms with Crippen LogP contribution in [0.25, 0.3) is 11.4 Å². The third kappa shape index (κ3) is 1.89. The maximum Gasteiger partial charge on any atom is 0.234 e. The van der Waals surface area contributed by atoms with Gasteiger partial charge in [-0.05, 0) is 18.6 Å². The molecule has 2 unspecified atom stereocenters. The van der Waals surface area contributed by atoms with Crippen molar-refractivity contribution in [3.8, 4) is 11.4 Å². The van der Waals surface area contributed by atoms with Crippen molar-refractivity contribution in [2.24, 2.45) is 5.73 Å². The molecule has 0 radical (unpaired) electrons. The van der Waals surface area contributed by atoms with Gasteiger partial charge in [-0.25, -0.2) is 0 Å². The Kier molecular flexibility index (Phi) is 2.81. The van der Waals surface area contributed by atoms with Crippen LogP contribution in [0.1, 0.15) is 17.4 Å². The van der Waals surface area contributed by atoms with Crippen LogP contribution in [0, 0.1) is 6.92 Å². The van der Waals surface area contributed by atoms with Crippen molar-refractivity contribution in [1.29, 1.82) is 0 Å². The zero-order valence-corrected chi connectivity index (χ0v) is 10.0. The number of aromatic nitrogens is 3. The molecule has 1 aliphatic rings. The number of aryl methyl sites for hydroxylation is 1. The monoisotopic (exact) mass is 246 g/mol. The molecule has 2 atom stereocenters. The number of rotatable bonds is 2. The standard InChI is InChI=1S/C12H14N4O2/c1-7-2-3-14-4-8(7)11-15-12(18-16-11)9-5-17-6-10(9)13/h2-4,9-10H,5-6,13H2,1H3. The Balaban J connectivity index is 1.92. The van der Waals surface area contributed by atoms with Crippen LogP contribution in [0.4, 0.5) is 0 Å². The van der Waals surface area contributed by atoms with E-state index >= 15 is 0 Å². The zero-order valence-electron chi connectivity index (χ0n) is 10.0. The van der Waals surface area contributed by atoms with Crippen LogP contribution in [0.15, 0.2) is 23.0 Å². The topological polar surface area (TPSA) is 87.1 Å². The van der Waals surface area contributed by atoms with Gasteiger partial charge in [0.25, 0.3) is 0 Å². The lowest BCUT2D eigenvalue weighted by molar-refractivity contribution is 0.187. The third-order valence-electron chi connectivity index (χ3n) is 3.16. The average molecular weight is 246 g/mol. The molecule has 6 nitrogen and oxygen atoms in total. The van der Waals surface area contributed by atoms with Gasteiger partial charge in [0.15, 0.2) is 0 Å². The molecule has 1 aliphatic heterocycles. The van der Waals surface area contributed by atoms with E-state index in [0.29, 0.717) is 24.9 Å². The van der Waals surface area contributed by atoms with Gasteiger partial charge < -0.3 is 15.0 Å². The summed E-state index contributed by atoms with van der Waals surface area (Å²) in [7, 11) is 0. The van der Waals surface area contributed by atoms with Gasteiger partial charge in [0.1, 0.15) is 0 Å². The first-order valence-electron chi connectivity index (χ1n) is 5.83. The second kappa shape index (κ2) is 4.47. The van der Waals surface area contributed by atoms with Crippen molar-refractivity contribution in [2.45, 2.75) is 18.9 Å². The smallest absolute Gasteiger partial charge is 0.234 e. The first-order chi connectivity index (χ1) is 8.75. The van der Waals surface area contributed by atoms with E-state index in [2.05, 4.69) is 15.1 Å². The fourth-order valence-corrected chi connectivity index (χ4v) is 2.02. The lowest BCUT2D eigenvalue weighted by Crippen LogP contribution is -2.26. The highest BCUT2D eigenvalue weighted by molar-refractivity contribution is 5.57. The molecular weight excluding hydrogens is 232 g/mol. The minimum absolute atomic E-state index is 0.0109. The number of hydrogen-bond acceptors (Lipinski definition) is 6. The molecule has 0 bridgehead atoms. The van der Waals surface area contributed by atoms with Crippen LogP contribution in [0.5, 0.6) is 0 Å². The number of nitrogens with two attached hydrogens (primary N) is 1. The van der Waals surface area contributed by atoms with E-state index in [-0.39, 0.29) is 12.0 Å². The Morgan fingerprint density at radius 3 is 3.00 bits per heavy atom. The highest BCUT2D eigenvalue weighted by Gasteiger charge is 2.31. The number of nitrogens with zero attached hydrogens (tertiary/aromatic N) is 3. The van der Waals surface area contributed by atoms with Gasteiger partial charge in [-0.1, -0.05) is 5.16 Å². The van der Waals surface area contributed by atoms with Crippen LogP contribution >= 0.6 is 0 Å². The van der Waals surface area contributed by atoms with Crippen molar-refractivity contribution in [3.05, 3.63) is 29.9 Å². The Bertz CT molecular complexity index is 555. The molecule has 18 heavy (non-hydrogen) atoms. The van der Waals surface area contributed by atoms with Crippen LogP contribution < -0.4 is 5.73 Å². The molecule has 3 rings (SSSR count). The lowest BCUT2D eigenvalue weighted by Gasteiger charge is -2.06. The molecule has 0 amide bonds. The summed E-state index contributed by atoms with van der Waals surface area (Å²) in [5.41, 5.74) is 7.86. The minimum Gasteiger partial charge on any atom is -0.379 e. The van der Waals surface area contributed by atoms with E-state index in [1.54, 1.807) is 12.4 Å². The van der Waals surface area contributed by atoms with Crippen LogP contribution in [0.2, 0.25) is 0 Å². The van der Waals surface area contributed by atoms with Crippen molar-refractivity contribution >= 4 is 0 Å². The summed E-state index contributed by atoms with van der Waals surface area (Å²) in [6.07, 6.45) is 3.47. The largest absolute Gasteiger partial charge is 0.379 e. The summed E-state index contributed by atoms with van der Waals surface area (Å²) >= 11 is 0. The molecule has 1 saturated heterocycles. The molecule has 0 saturated carbocycles. The van der Waals surface area contributed by atoms with Gasteiger partial charge in [0.05, 0.1) is 19.1 Å². The predicted molar refractivity (Wildman–Crippen MR) is 63.8 cm³/mol. The lowest BCUT2D eigenvalue weighted by atomic mass is 10.1. The minimum atomic E-state index is -0.0757. The van der Waals surface area contributed by atoms with E-state index in [9.17, 15) is 0 Å². The van der Waals surface area contributed by atoms with Gasteiger partial charge in [-0.2, -0.15) is 4.98 Å². The van der Waals surface area contributed by atoms with E-state index in [4.69, 9.17) is 15.0 Å². The summed E-state index contributed by atoms with van der Waals surface area (Å²) in [4.78, 5) is 8.47. The van der Waals surface area contributed by atoms with E-state index in [1.165, 1.54) is 0 Å². The maximum atomic E-state index is 5.92. The van der Waals surface area contributed by atoms with Gasteiger partial charge >= 0.3 is 0 Å². The molecule has 94 valence electrons. The fraction of sp³-hybridized carbons (Fsp3) is 0.417. The third-order valence-corrected chi connectivity index (χ3v) is 3.16. The van der Waals surface area contributed by atoms with Crippen molar-refractivity contribution in [1.82, 2.24) is 15.1 Å². The molecule has 0 aliphatic carbocycles. The Hall–Kier alpha value is -1.79. The Morgan fingerprint density at radius 2 is 2.28 bits per heavy atom. The SMILES string of the molecule is Cc1ccncc1-c1noc(C2COCC2N)n1. The zero-order chi connectivity index (χ0) is 12.5. The molecule has 1 fully saturated rings. The van der Waals surface area contributed by atoms with Gasteiger partial charge in [-0.15, -0.1) is 0 Å². The molecular formula is C12H14N4O2. The fourth-order valence-electron chi connectivity index (χ4n) is 2.02. The molecule has 0 aromatic carbocycles. The molecule has 0 spiro atoms. The van der Waals surface area contributed by atoms with Crippen molar-refractivity contribution in [2.75, 3.05) is 13.2 Å². The van der Waals surface area contributed by atoms with E-state index < -0.39 is 0 Å². The first-order valence-corrected chi connectivity index (χ1v) is 5.83. The van der Waals surface area contributed by atoms with Crippen LogP contribution in [-0.4, -0.2) is 34.4 Å². The Morgan fingerprint density at radius 1 is 1.39 bits per heavy atom. The Labute approximate surface area is 104 Å². The summed E-state index contributed by atoms with van der Waals surface area (Å²) in [5, 5.41) is 3.99. The summed E-state index contributed by atoms with van der Waals surface area (Å²) in [6, 6.07) is 1.84. The number of ether oxygens (including phenoxy) is 1. The predicted octanol–water partition coefficient (Wildman–Crippen LogP) is 0.881. The summed E-state index contributed by atoms with van der Waals surface area (Å²) in [6.45, 7) is 3.06. The molecule has 3 heterocycles. The van der Waals surface area contributed by atoms with Crippen LogP contribution in [0.3, 0.4) is 0 Å². The molecule has 2 aromatic rings. The molecule has 2 aromatic heterocycles. The first kappa shape index (κ1) is 11.3. The maximum absolute atomic E-state index is 5.92. The second-order valence-electron chi connectivity index (χ2n) is 4.45. The highest BCUT2D eigenvalue weighted by Crippen LogP contribution is 2.26. The number of hydrogen-bond donors (Lipinski definition) is 1.